The summed E-state index contributed by atoms with van der Waals surface area (Å²) in [5.74, 6) is 0.851. The van der Waals surface area contributed by atoms with Gasteiger partial charge in [-0.05, 0) is 19.0 Å². The summed E-state index contributed by atoms with van der Waals surface area (Å²) in [4.78, 5) is 11.6. The number of nitrogens with one attached hydrogen (secondary N) is 1. The van der Waals surface area contributed by atoms with Gasteiger partial charge in [0.25, 0.3) is 0 Å². The fourth-order valence-corrected chi connectivity index (χ4v) is 1.79. The monoisotopic (exact) mass is 295 g/mol. The SMILES string of the molecule is CCCCOC(=O)COc1c(CNCC)cccc1OC. The molecule has 0 saturated heterocycles. The molecule has 1 rings (SSSR count). The van der Waals surface area contributed by atoms with Crippen LogP contribution in [0.2, 0.25) is 0 Å². The number of para-hydroxylation sites is 1. The van der Waals surface area contributed by atoms with E-state index < -0.39 is 0 Å². The molecule has 0 aromatic heterocycles. The molecule has 1 aromatic carbocycles. The molecule has 118 valence electrons. The van der Waals surface area contributed by atoms with E-state index in [1.807, 2.05) is 32.0 Å². The Morgan fingerprint density at radius 2 is 2.10 bits per heavy atom. The number of unbranched alkanes of at least 4 members (excludes halogenated alkanes) is 1. The van der Waals surface area contributed by atoms with E-state index in [2.05, 4.69) is 5.32 Å². The van der Waals surface area contributed by atoms with Crippen molar-refractivity contribution in [3.05, 3.63) is 23.8 Å². The zero-order chi connectivity index (χ0) is 15.5. The quantitative estimate of drug-likeness (QED) is 0.531. The van der Waals surface area contributed by atoms with Gasteiger partial charge >= 0.3 is 5.97 Å². The number of ether oxygens (including phenoxy) is 3. The van der Waals surface area contributed by atoms with Gasteiger partial charge in [-0.2, -0.15) is 0 Å². The van der Waals surface area contributed by atoms with Crippen LogP contribution < -0.4 is 14.8 Å². The van der Waals surface area contributed by atoms with Crippen molar-refractivity contribution < 1.29 is 19.0 Å². The highest BCUT2D eigenvalue weighted by molar-refractivity contribution is 5.71. The van der Waals surface area contributed by atoms with Crippen molar-refractivity contribution >= 4 is 5.97 Å². The lowest BCUT2D eigenvalue weighted by Gasteiger charge is -2.15. The summed E-state index contributed by atoms with van der Waals surface area (Å²) in [6.45, 7) is 5.93. The molecule has 0 aliphatic heterocycles. The Bertz CT molecular complexity index is 434. The number of hydrogen-bond donors (Lipinski definition) is 1. The maximum Gasteiger partial charge on any atom is 0.344 e. The number of benzene rings is 1. The lowest BCUT2D eigenvalue weighted by atomic mass is 10.2. The maximum absolute atomic E-state index is 11.6. The Hall–Kier alpha value is -1.75. The highest BCUT2D eigenvalue weighted by Crippen LogP contribution is 2.31. The first-order valence-electron chi connectivity index (χ1n) is 7.37. The van der Waals surface area contributed by atoms with Gasteiger partial charge in [0.2, 0.25) is 0 Å². The fraction of sp³-hybridized carbons (Fsp3) is 0.562. The number of esters is 1. The van der Waals surface area contributed by atoms with Gasteiger partial charge in [-0.1, -0.05) is 32.4 Å². The zero-order valence-electron chi connectivity index (χ0n) is 13.1. The van der Waals surface area contributed by atoms with E-state index >= 15 is 0 Å². The molecule has 0 fully saturated rings. The van der Waals surface area contributed by atoms with Crippen LogP contribution in [0.4, 0.5) is 0 Å². The third-order valence-corrected chi connectivity index (χ3v) is 2.94. The number of carbonyl (C=O) groups excluding carboxylic acids is 1. The summed E-state index contributed by atoms with van der Waals surface area (Å²) < 4.78 is 16.0. The maximum atomic E-state index is 11.6. The first-order valence-corrected chi connectivity index (χ1v) is 7.37. The van der Waals surface area contributed by atoms with Gasteiger partial charge in [0.15, 0.2) is 18.1 Å². The smallest absolute Gasteiger partial charge is 0.344 e. The van der Waals surface area contributed by atoms with Crippen LogP contribution in [0.15, 0.2) is 18.2 Å². The third-order valence-electron chi connectivity index (χ3n) is 2.94. The van der Waals surface area contributed by atoms with Crippen molar-refractivity contribution in [2.24, 2.45) is 0 Å². The lowest BCUT2D eigenvalue weighted by molar-refractivity contribution is -0.146. The number of carbonyl (C=O) groups is 1. The topological polar surface area (TPSA) is 56.8 Å². The Balaban J connectivity index is 2.64. The Morgan fingerprint density at radius 3 is 2.76 bits per heavy atom. The fourth-order valence-electron chi connectivity index (χ4n) is 1.79. The first-order chi connectivity index (χ1) is 10.2. The van der Waals surface area contributed by atoms with E-state index in [4.69, 9.17) is 14.2 Å². The van der Waals surface area contributed by atoms with E-state index in [-0.39, 0.29) is 12.6 Å². The second-order valence-corrected chi connectivity index (χ2v) is 4.59. The summed E-state index contributed by atoms with van der Waals surface area (Å²) in [7, 11) is 1.58. The van der Waals surface area contributed by atoms with Crippen LogP contribution in [-0.2, 0) is 16.1 Å². The van der Waals surface area contributed by atoms with Crippen molar-refractivity contribution in [1.29, 1.82) is 0 Å². The highest BCUT2D eigenvalue weighted by atomic mass is 16.6. The molecule has 5 heteroatoms. The van der Waals surface area contributed by atoms with Crippen molar-refractivity contribution in [3.8, 4) is 11.5 Å². The van der Waals surface area contributed by atoms with Crippen LogP contribution in [0, 0.1) is 0 Å². The Labute approximate surface area is 126 Å². The van der Waals surface area contributed by atoms with E-state index in [1.165, 1.54) is 0 Å². The molecule has 21 heavy (non-hydrogen) atoms. The number of rotatable bonds is 10. The largest absolute Gasteiger partial charge is 0.493 e. The summed E-state index contributed by atoms with van der Waals surface area (Å²) in [6, 6.07) is 5.66. The molecule has 0 saturated carbocycles. The number of hydrogen-bond acceptors (Lipinski definition) is 5. The van der Waals surface area contributed by atoms with Gasteiger partial charge in [-0.25, -0.2) is 4.79 Å². The summed E-state index contributed by atoms with van der Waals surface area (Å²) >= 11 is 0. The molecule has 1 aromatic rings. The van der Waals surface area contributed by atoms with Gasteiger partial charge in [-0.15, -0.1) is 0 Å². The molecule has 0 atom stereocenters. The van der Waals surface area contributed by atoms with Crippen LogP contribution in [-0.4, -0.2) is 32.8 Å². The Morgan fingerprint density at radius 1 is 1.29 bits per heavy atom. The van der Waals surface area contributed by atoms with Crippen LogP contribution in [0.1, 0.15) is 32.3 Å². The van der Waals surface area contributed by atoms with Crippen molar-refractivity contribution in [2.45, 2.75) is 33.2 Å². The second-order valence-electron chi connectivity index (χ2n) is 4.59. The predicted molar refractivity (Wildman–Crippen MR) is 81.7 cm³/mol. The molecule has 0 radical (unpaired) electrons. The van der Waals surface area contributed by atoms with Crippen molar-refractivity contribution in [1.82, 2.24) is 5.32 Å². The van der Waals surface area contributed by atoms with Gasteiger partial charge < -0.3 is 19.5 Å². The minimum Gasteiger partial charge on any atom is -0.493 e. The van der Waals surface area contributed by atoms with E-state index in [1.54, 1.807) is 7.11 Å². The van der Waals surface area contributed by atoms with Gasteiger partial charge in [0, 0.05) is 12.1 Å². The first kappa shape index (κ1) is 17.3. The molecule has 0 unspecified atom stereocenters. The molecule has 0 aliphatic carbocycles. The Kier molecular flexibility index (Phi) is 8.28. The van der Waals surface area contributed by atoms with E-state index in [9.17, 15) is 4.79 Å². The van der Waals surface area contributed by atoms with Gasteiger partial charge in [-0.3, -0.25) is 0 Å². The molecular formula is C16H25NO4. The molecule has 0 aliphatic rings. The average molecular weight is 295 g/mol. The molecule has 1 N–H and O–H groups in total. The molecule has 0 bridgehead atoms. The van der Waals surface area contributed by atoms with E-state index in [0.717, 1.165) is 24.9 Å². The van der Waals surface area contributed by atoms with Crippen molar-refractivity contribution in [2.75, 3.05) is 26.9 Å². The number of methoxy groups -OCH3 is 1. The summed E-state index contributed by atoms with van der Waals surface area (Å²) in [5, 5.41) is 3.23. The molecule has 0 heterocycles. The minimum absolute atomic E-state index is 0.108. The molecule has 0 spiro atoms. The summed E-state index contributed by atoms with van der Waals surface area (Å²) in [5.41, 5.74) is 0.956. The zero-order valence-corrected chi connectivity index (χ0v) is 13.1. The van der Waals surface area contributed by atoms with Gasteiger partial charge in [0.05, 0.1) is 13.7 Å². The molecule has 0 amide bonds. The van der Waals surface area contributed by atoms with Gasteiger partial charge in [0.1, 0.15) is 0 Å². The van der Waals surface area contributed by atoms with Crippen LogP contribution >= 0.6 is 0 Å². The normalized spacial score (nSPS) is 10.2. The summed E-state index contributed by atoms with van der Waals surface area (Å²) in [6.07, 6.45) is 1.86. The van der Waals surface area contributed by atoms with Crippen molar-refractivity contribution in [3.63, 3.8) is 0 Å². The lowest BCUT2D eigenvalue weighted by Crippen LogP contribution is -2.18. The van der Waals surface area contributed by atoms with Crippen LogP contribution in [0.5, 0.6) is 11.5 Å². The molecular weight excluding hydrogens is 270 g/mol. The standard InChI is InChI=1S/C16H25NO4/c1-4-6-10-20-15(18)12-21-16-13(11-17-5-2)8-7-9-14(16)19-3/h7-9,17H,4-6,10-12H2,1-3H3. The van der Waals surface area contributed by atoms with Crippen LogP contribution in [0.25, 0.3) is 0 Å². The second kappa shape index (κ2) is 10.0. The highest BCUT2D eigenvalue weighted by Gasteiger charge is 2.12. The molecule has 5 nitrogen and oxygen atoms in total. The van der Waals surface area contributed by atoms with Crippen LogP contribution in [0.3, 0.4) is 0 Å². The predicted octanol–water partition coefficient (Wildman–Crippen LogP) is 2.53. The minimum atomic E-state index is -0.358. The van der Waals surface area contributed by atoms with E-state index in [0.29, 0.717) is 24.7 Å². The average Bonchev–Trinajstić information content (AvgIpc) is 2.51. The third kappa shape index (κ3) is 6.04.